The van der Waals surface area contributed by atoms with Gasteiger partial charge in [0.05, 0.1) is 6.54 Å². The third-order valence-electron chi connectivity index (χ3n) is 2.49. The van der Waals surface area contributed by atoms with E-state index in [-0.39, 0.29) is 5.82 Å². The van der Waals surface area contributed by atoms with E-state index in [9.17, 15) is 4.39 Å². The number of nitrogens with zero attached hydrogens (tertiary/aromatic N) is 4. The average molecular weight is 235 g/mol. The molecule has 0 spiro atoms. The van der Waals surface area contributed by atoms with Crippen molar-refractivity contribution in [2.75, 3.05) is 7.05 Å². The van der Waals surface area contributed by atoms with Crippen LogP contribution >= 0.6 is 0 Å². The van der Waals surface area contributed by atoms with Gasteiger partial charge in [-0.2, -0.15) is 0 Å². The van der Waals surface area contributed by atoms with Crippen LogP contribution in [0.4, 0.5) is 4.39 Å². The Kier molecular flexibility index (Phi) is 3.77. The average Bonchev–Trinajstić information content (AvgIpc) is 2.76. The van der Waals surface area contributed by atoms with Gasteiger partial charge in [0, 0.05) is 6.54 Å². The molecular weight excluding hydrogens is 221 g/mol. The summed E-state index contributed by atoms with van der Waals surface area (Å²) in [6, 6.07) is 6.75. The third-order valence-corrected chi connectivity index (χ3v) is 2.49. The summed E-state index contributed by atoms with van der Waals surface area (Å²) in [4.78, 5) is 0. The molecule has 0 amide bonds. The molecule has 0 fully saturated rings. The molecule has 1 aromatic heterocycles. The lowest BCUT2D eigenvalue weighted by atomic mass is 10.1. The van der Waals surface area contributed by atoms with Crippen LogP contribution in [0.2, 0.25) is 0 Å². The molecule has 1 N–H and O–H groups in total. The molecule has 0 saturated carbocycles. The van der Waals surface area contributed by atoms with E-state index in [1.165, 1.54) is 6.07 Å². The molecule has 0 unspecified atom stereocenters. The van der Waals surface area contributed by atoms with Crippen LogP contribution in [0, 0.1) is 5.82 Å². The van der Waals surface area contributed by atoms with Gasteiger partial charge < -0.3 is 5.32 Å². The summed E-state index contributed by atoms with van der Waals surface area (Å²) < 4.78 is 15.1. The van der Waals surface area contributed by atoms with E-state index in [0.29, 0.717) is 25.1 Å². The Labute approximate surface area is 98.6 Å². The lowest BCUT2D eigenvalue weighted by molar-refractivity contribution is 0.537. The monoisotopic (exact) mass is 235 g/mol. The molecule has 0 aliphatic heterocycles. The molecule has 0 saturated heterocycles. The van der Waals surface area contributed by atoms with Crippen LogP contribution in [0.1, 0.15) is 11.4 Å². The Morgan fingerprint density at radius 3 is 2.94 bits per heavy atom. The molecular formula is C11H14FN5. The summed E-state index contributed by atoms with van der Waals surface area (Å²) in [5.74, 6) is 0.569. The van der Waals surface area contributed by atoms with Crippen LogP contribution in [-0.4, -0.2) is 27.3 Å². The van der Waals surface area contributed by atoms with Crippen molar-refractivity contribution in [3.63, 3.8) is 0 Å². The molecule has 6 heteroatoms. The van der Waals surface area contributed by atoms with E-state index in [0.717, 1.165) is 5.82 Å². The first-order valence-electron chi connectivity index (χ1n) is 5.44. The summed E-state index contributed by atoms with van der Waals surface area (Å²) in [7, 11) is 1.83. The van der Waals surface area contributed by atoms with Gasteiger partial charge in [0.15, 0.2) is 5.82 Å². The van der Waals surface area contributed by atoms with Crippen LogP contribution in [-0.2, 0) is 19.5 Å². The zero-order valence-corrected chi connectivity index (χ0v) is 9.60. The third kappa shape index (κ3) is 2.85. The van der Waals surface area contributed by atoms with E-state index < -0.39 is 0 Å². The fourth-order valence-corrected chi connectivity index (χ4v) is 1.61. The smallest absolute Gasteiger partial charge is 0.165 e. The van der Waals surface area contributed by atoms with Crippen molar-refractivity contribution >= 4 is 0 Å². The normalized spacial score (nSPS) is 10.7. The highest BCUT2D eigenvalue weighted by molar-refractivity contribution is 5.17. The van der Waals surface area contributed by atoms with Gasteiger partial charge in [0.1, 0.15) is 5.82 Å². The van der Waals surface area contributed by atoms with E-state index >= 15 is 0 Å². The van der Waals surface area contributed by atoms with E-state index in [4.69, 9.17) is 0 Å². The van der Waals surface area contributed by atoms with Crippen molar-refractivity contribution in [3.05, 3.63) is 41.5 Å². The second-order valence-corrected chi connectivity index (χ2v) is 3.69. The lowest BCUT2D eigenvalue weighted by Gasteiger charge is -2.05. The first kappa shape index (κ1) is 11.7. The van der Waals surface area contributed by atoms with Crippen LogP contribution in [0.3, 0.4) is 0 Å². The number of halogens is 1. The predicted octanol–water partition coefficient (Wildman–Crippen LogP) is 0.774. The Hall–Kier alpha value is -1.82. The first-order valence-corrected chi connectivity index (χ1v) is 5.44. The minimum Gasteiger partial charge on any atom is -0.313 e. The number of aromatic nitrogens is 4. The summed E-state index contributed by atoms with van der Waals surface area (Å²) in [5, 5.41) is 14.3. The van der Waals surface area contributed by atoms with Crippen LogP contribution in [0.5, 0.6) is 0 Å². The summed E-state index contributed by atoms with van der Waals surface area (Å²) in [6.07, 6.45) is 0.578. The number of tetrazole rings is 1. The van der Waals surface area contributed by atoms with E-state index in [1.807, 2.05) is 13.1 Å². The molecule has 1 heterocycles. The molecule has 0 atom stereocenters. The van der Waals surface area contributed by atoms with Crippen LogP contribution in [0.25, 0.3) is 0 Å². The molecule has 0 aliphatic carbocycles. The minimum atomic E-state index is -0.184. The molecule has 0 bridgehead atoms. The van der Waals surface area contributed by atoms with Crippen molar-refractivity contribution in [1.29, 1.82) is 0 Å². The molecule has 0 aliphatic rings. The Bertz CT molecular complexity index is 482. The maximum Gasteiger partial charge on any atom is 0.165 e. The second kappa shape index (κ2) is 5.49. The molecule has 90 valence electrons. The molecule has 17 heavy (non-hydrogen) atoms. The largest absolute Gasteiger partial charge is 0.313 e. The maximum atomic E-state index is 13.4. The highest BCUT2D eigenvalue weighted by Gasteiger charge is 2.06. The fraction of sp³-hybridized carbons (Fsp3) is 0.364. The van der Waals surface area contributed by atoms with Crippen LogP contribution < -0.4 is 5.32 Å². The molecule has 0 radical (unpaired) electrons. The number of rotatable bonds is 5. The van der Waals surface area contributed by atoms with Gasteiger partial charge in [0.25, 0.3) is 0 Å². The first-order chi connectivity index (χ1) is 8.31. The molecule has 1 aromatic carbocycles. The molecule has 2 aromatic rings. The number of aryl methyl sites for hydroxylation is 2. The Morgan fingerprint density at radius 1 is 1.35 bits per heavy atom. The van der Waals surface area contributed by atoms with Crippen molar-refractivity contribution < 1.29 is 4.39 Å². The number of benzene rings is 1. The topological polar surface area (TPSA) is 55.6 Å². The quantitative estimate of drug-likeness (QED) is 0.832. The van der Waals surface area contributed by atoms with Crippen molar-refractivity contribution in [1.82, 2.24) is 25.5 Å². The second-order valence-electron chi connectivity index (χ2n) is 3.69. The Balaban J connectivity index is 2.02. The zero-order valence-electron chi connectivity index (χ0n) is 9.60. The highest BCUT2D eigenvalue weighted by Crippen LogP contribution is 2.08. The van der Waals surface area contributed by atoms with Crippen molar-refractivity contribution in [2.45, 2.75) is 19.5 Å². The fourth-order valence-electron chi connectivity index (χ4n) is 1.61. The maximum absolute atomic E-state index is 13.4. The number of nitrogens with one attached hydrogen (secondary N) is 1. The van der Waals surface area contributed by atoms with E-state index in [2.05, 4.69) is 20.8 Å². The summed E-state index contributed by atoms with van der Waals surface area (Å²) >= 11 is 0. The summed E-state index contributed by atoms with van der Waals surface area (Å²) in [5.41, 5.74) is 0.679. The van der Waals surface area contributed by atoms with Crippen molar-refractivity contribution in [3.8, 4) is 0 Å². The SMILES string of the molecule is CNCc1nnnn1CCc1ccccc1F. The predicted molar refractivity (Wildman–Crippen MR) is 60.7 cm³/mol. The Morgan fingerprint density at radius 2 is 2.18 bits per heavy atom. The van der Waals surface area contributed by atoms with Gasteiger partial charge in [-0.1, -0.05) is 18.2 Å². The minimum absolute atomic E-state index is 0.184. The van der Waals surface area contributed by atoms with Gasteiger partial charge in [-0.15, -0.1) is 5.10 Å². The van der Waals surface area contributed by atoms with Crippen LogP contribution in [0.15, 0.2) is 24.3 Å². The van der Waals surface area contributed by atoms with Gasteiger partial charge in [-0.05, 0) is 35.5 Å². The number of hydrogen-bond donors (Lipinski definition) is 1. The lowest BCUT2D eigenvalue weighted by Crippen LogP contribution is -2.14. The van der Waals surface area contributed by atoms with Gasteiger partial charge in [-0.25, -0.2) is 9.07 Å². The summed E-state index contributed by atoms with van der Waals surface area (Å²) in [6.45, 7) is 1.18. The van der Waals surface area contributed by atoms with E-state index in [1.54, 1.807) is 16.8 Å². The standard InChI is InChI=1S/C11H14FN5/c1-13-8-11-14-15-16-17(11)7-6-9-4-2-3-5-10(9)12/h2-5,13H,6-8H2,1H3. The number of hydrogen-bond acceptors (Lipinski definition) is 4. The zero-order chi connectivity index (χ0) is 12.1. The van der Waals surface area contributed by atoms with Gasteiger partial charge >= 0.3 is 0 Å². The van der Waals surface area contributed by atoms with Gasteiger partial charge in [-0.3, -0.25) is 0 Å². The molecule has 5 nitrogen and oxygen atoms in total. The molecule has 2 rings (SSSR count). The van der Waals surface area contributed by atoms with Crippen molar-refractivity contribution in [2.24, 2.45) is 0 Å². The highest BCUT2D eigenvalue weighted by atomic mass is 19.1. The van der Waals surface area contributed by atoms with Gasteiger partial charge in [0.2, 0.25) is 0 Å².